The van der Waals surface area contributed by atoms with Gasteiger partial charge in [0, 0.05) is 26.4 Å². The van der Waals surface area contributed by atoms with Crippen LogP contribution in [0.3, 0.4) is 0 Å². The largest absolute Gasteiger partial charge is 0.340 e. The minimum absolute atomic E-state index is 0.0435. The Labute approximate surface area is 83.1 Å². The van der Waals surface area contributed by atoms with Crippen molar-refractivity contribution in [2.75, 3.05) is 13.1 Å². The van der Waals surface area contributed by atoms with Gasteiger partial charge in [0.05, 0.1) is 12.0 Å². The van der Waals surface area contributed by atoms with Crippen molar-refractivity contribution in [3.63, 3.8) is 0 Å². The second kappa shape index (κ2) is 5.35. The first-order valence-corrected chi connectivity index (χ1v) is 4.62. The van der Waals surface area contributed by atoms with E-state index in [4.69, 9.17) is 9.78 Å². The van der Waals surface area contributed by atoms with Crippen LogP contribution in [0.25, 0.3) is 0 Å². The number of rotatable bonds is 5. The molecule has 0 saturated heterocycles. The summed E-state index contributed by atoms with van der Waals surface area (Å²) < 4.78 is 4.82. The minimum Gasteiger partial charge on any atom is -0.340 e. The highest BCUT2D eigenvalue weighted by Crippen LogP contribution is 1.95. The van der Waals surface area contributed by atoms with E-state index in [0.717, 1.165) is 13.0 Å². The smallest absolute Gasteiger partial charge is 0.223 e. The molecule has 0 aliphatic carbocycles. The van der Waals surface area contributed by atoms with Crippen LogP contribution in [0.5, 0.6) is 0 Å². The predicted molar refractivity (Wildman–Crippen MR) is 50.4 cm³/mol. The zero-order chi connectivity index (χ0) is 10.4. The van der Waals surface area contributed by atoms with Crippen molar-refractivity contribution in [2.24, 2.45) is 5.92 Å². The average molecular weight is 194 g/mol. The molecule has 0 amide bonds. The molecule has 1 heterocycles. The van der Waals surface area contributed by atoms with Crippen LogP contribution in [-0.2, 0) is 6.42 Å². The monoisotopic (exact) mass is 194 g/mol. The molecular formula is C9H14N4O. The molecule has 0 aromatic carbocycles. The summed E-state index contributed by atoms with van der Waals surface area (Å²) in [4.78, 5) is 4.06. The summed E-state index contributed by atoms with van der Waals surface area (Å²) in [5.74, 6) is 1.34. The van der Waals surface area contributed by atoms with Gasteiger partial charge in [-0.15, -0.1) is 0 Å². The summed E-state index contributed by atoms with van der Waals surface area (Å²) >= 11 is 0. The van der Waals surface area contributed by atoms with Crippen molar-refractivity contribution in [3.05, 3.63) is 11.7 Å². The lowest BCUT2D eigenvalue weighted by Crippen LogP contribution is -2.23. The Morgan fingerprint density at radius 1 is 1.64 bits per heavy atom. The molecule has 1 aromatic heterocycles. The van der Waals surface area contributed by atoms with E-state index in [9.17, 15) is 0 Å². The van der Waals surface area contributed by atoms with Gasteiger partial charge in [-0.3, -0.25) is 0 Å². The van der Waals surface area contributed by atoms with Gasteiger partial charge in [-0.05, 0) is 6.92 Å². The number of aryl methyl sites for hydroxylation is 1. The van der Waals surface area contributed by atoms with Gasteiger partial charge in [0.1, 0.15) is 0 Å². The van der Waals surface area contributed by atoms with Crippen molar-refractivity contribution in [2.45, 2.75) is 20.3 Å². The van der Waals surface area contributed by atoms with Crippen LogP contribution >= 0.6 is 0 Å². The van der Waals surface area contributed by atoms with Crippen molar-refractivity contribution in [1.29, 1.82) is 5.26 Å². The van der Waals surface area contributed by atoms with Gasteiger partial charge < -0.3 is 9.84 Å². The summed E-state index contributed by atoms with van der Waals surface area (Å²) in [5.41, 5.74) is 0. The number of hydrogen-bond donors (Lipinski definition) is 1. The van der Waals surface area contributed by atoms with Crippen LogP contribution in [0.2, 0.25) is 0 Å². The quantitative estimate of drug-likeness (QED) is 0.697. The zero-order valence-corrected chi connectivity index (χ0v) is 8.45. The van der Waals surface area contributed by atoms with E-state index >= 15 is 0 Å². The maximum Gasteiger partial charge on any atom is 0.223 e. The van der Waals surface area contributed by atoms with Gasteiger partial charge in [0.2, 0.25) is 5.89 Å². The van der Waals surface area contributed by atoms with Crippen LogP contribution < -0.4 is 5.32 Å². The number of aromatic nitrogens is 2. The molecule has 14 heavy (non-hydrogen) atoms. The second-order valence-electron chi connectivity index (χ2n) is 3.21. The molecule has 5 nitrogen and oxygen atoms in total. The highest BCUT2D eigenvalue weighted by atomic mass is 16.5. The fraction of sp³-hybridized carbons (Fsp3) is 0.667. The molecular weight excluding hydrogens is 180 g/mol. The number of nitrogens with zero attached hydrogens (tertiary/aromatic N) is 3. The summed E-state index contributed by atoms with van der Waals surface area (Å²) in [6.07, 6.45) is 0.732. The summed E-state index contributed by atoms with van der Waals surface area (Å²) in [5, 5.41) is 15.4. The molecule has 0 fully saturated rings. The number of hydrogen-bond acceptors (Lipinski definition) is 5. The first-order valence-electron chi connectivity index (χ1n) is 4.62. The predicted octanol–water partition coefficient (Wildman–Crippen LogP) is 0.670. The minimum atomic E-state index is 0.0435. The van der Waals surface area contributed by atoms with Crippen LogP contribution in [0.4, 0.5) is 0 Å². The van der Waals surface area contributed by atoms with Crippen LogP contribution in [-0.4, -0.2) is 23.2 Å². The summed E-state index contributed by atoms with van der Waals surface area (Å²) in [7, 11) is 0. The van der Waals surface area contributed by atoms with Crippen molar-refractivity contribution in [3.8, 4) is 6.07 Å². The van der Waals surface area contributed by atoms with E-state index in [2.05, 4.69) is 21.5 Å². The maximum atomic E-state index is 8.52. The first kappa shape index (κ1) is 10.7. The molecule has 0 aliphatic heterocycles. The summed E-state index contributed by atoms with van der Waals surface area (Å²) in [6.45, 7) is 5.12. The van der Waals surface area contributed by atoms with Gasteiger partial charge in [-0.1, -0.05) is 5.16 Å². The van der Waals surface area contributed by atoms with Gasteiger partial charge in [-0.25, -0.2) is 0 Å². The molecule has 1 aromatic rings. The van der Waals surface area contributed by atoms with Crippen molar-refractivity contribution < 1.29 is 4.52 Å². The van der Waals surface area contributed by atoms with Crippen LogP contribution in [0.15, 0.2) is 4.52 Å². The van der Waals surface area contributed by atoms with Crippen molar-refractivity contribution in [1.82, 2.24) is 15.5 Å². The third kappa shape index (κ3) is 3.54. The zero-order valence-electron chi connectivity index (χ0n) is 8.45. The molecule has 0 aliphatic rings. The molecule has 76 valence electrons. The molecule has 0 saturated carbocycles. The molecule has 5 heteroatoms. The lowest BCUT2D eigenvalue weighted by atomic mass is 10.2. The summed E-state index contributed by atoms with van der Waals surface area (Å²) in [6, 6.07) is 2.16. The fourth-order valence-electron chi connectivity index (χ4n) is 1.01. The van der Waals surface area contributed by atoms with Gasteiger partial charge in [0.25, 0.3) is 0 Å². The molecule has 0 spiro atoms. The Morgan fingerprint density at radius 2 is 2.43 bits per heavy atom. The number of nitrogens with one attached hydrogen (secondary N) is 1. The maximum absolute atomic E-state index is 8.52. The fourth-order valence-corrected chi connectivity index (χ4v) is 1.01. The van der Waals surface area contributed by atoms with Gasteiger partial charge in [-0.2, -0.15) is 10.2 Å². The Balaban J connectivity index is 2.14. The topological polar surface area (TPSA) is 74.7 Å². The Kier molecular flexibility index (Phi) is 4.08. The van der Waals surface area contributed by atoms with Crippen molar-refractivity contribution >= 4 is 0 Å². The molecule has 1 atom stereocenters. The lowest BCUT2D eigenvalue weighted by molar-refractivity contribution is 0.386. The SMILES string of the molecule is Cc1nc(CCNCC(C)C#N)no1. The lowest BCUT2D eigenvalue weighted by Gasteiger charge is -2.02. The highest BCUT2D eigenvalue weighted by molar-refractivity contribution is 4.85. The molecule has 0 bridgehead atoms. The average Bonchev–Trinajstić information content (AvgIpc) is 2.58. The van der Waals surface area contributed by atoms with Crippen LogP contribution in [0.1, 0.15) is 18.6 Å². The van der Waals surface area contributed by atoms with E-state index in [1.807, 2.05) is 6.92 Å². The Hall–Kier alpha value is -1.41. The van der Waals surface area contributed by atoms with E-state index in [0.29, 0.717) is 18.3 Å². The van der Waals surface area contributed by atoms with E-state index in [-0.39, 0.29) is 5.92 Å². The Bertz CT molecular complexity index is 315. The third-order valence-electron chi connectivity index (χ3n) is 1.77. The van der Waals surface area contributed by atoms with Crippen LogP contribution in [0, 0.1) is 24.2 Å². The standard InChI is InChI=1S/C9H14N4O/c1-7(5-10)6-11-4-3-9-12-8(2)14-13-9/h7,11H,3-4,6H2,1-2H3. The van der Waals surface area contributed by atoms with Gasteiger partial charge >= 0.3 is 0 Å². The molecule has 1 unspecified atom stereocenters. The molecule has 1 rings (SSSR count). The van der Waals surface area contributed by atoms with E-state index < -0.39 is 0 Å². The Morgan fingerprint density at radius 3 is 3.00 bits per heavy atom. The highest BCUT2D eigenvalue weighted by Gasteiger charge is 2.02. The first-order chi connectivity index (χ1) is 6.72. The molecule has 1 N–H and O–H groups in total. The third-order valence-corrected chi connectivity index (χ3v) is 1.77. The molecule has 0 radical (unpaired) electrons. The van der Waals surface area contributed by atoms with E-state index in [1.54, 1.807) is 6.92 Å². The second-order valence-corrected chi connectivity index (χ2v) is 3.21. The van der Waals surface area contributed by atoms with E-state index in [1.165, 1.54) is 0 Å². The van der Waals surface area contributed by atoms with Gasteiger partial charge in [0.15, 0.2) is 5.82 Å². The number of nitriles is 1. The normalized spacial score (nSPS) is 12.4.